The minimum absolute atomic E-state index is 0.476. The lowest BCUT2D eigenvalue weighted by molar-refractivity contribution is -0.145. The molecule has 1 atom stereocenters. The van der Waals surface area contributed by atoms with Crippen molar-refractivity contribution in [3.05, 3.63) is 0 Å². The Labute approximate surface area is 124 Å². The van der Waals surface area contributed by atoms with Gasteiger partial charge in [-0.1, -0.05) is 32.6 Å². The Morgan fingerprint density at radius 1 is 1.14 bits per heavy atom. The van der Waals surface area contributed by atoms with Gasteiger partial charge in [0.25, 0.3) is 0 Å². The maximum Gasteiger partial charge on any atom is 0.326 e. The monoisotopic (exact) mass is 300 g/mol. The molecule has 120 valence electrons. The number of carbonyl (C=O) groups is 3. The third-order valence-electron chi connectivity index (χ3n) is 3.96. The van der Waals surface area contributed by atoms with Crippen molar-refractivity contribution >= 4 is 18.0 Å². The minimum atomic E-state index is -1.40. The Bertz CT molecular complexity index is 378. The molecule has 0 heterocycles. The van der Waals surface area contributed by atoms with Crippen molar-refractivity contribution in [1.29, 1.82) is 0 Å². The molecule has 1 aliphatic carbocycles. The zero-order valence-electron chi connectivity index (χ0n) is 12.3. The lowest BCUT2D eigenvalue weighted by Crippen LogP contribution is -2.47. The van der Waals surface area contributed by atoms with E-state index in [1.165, 1.54) is 25.7 Å². The number of aliphatic carboxylic acids is 2. The molecule has 4 N–H and O–H groups in total. The van der Waals surface area contributed by atoms with Crippen LogP contribution in [0.15, 0.2) is 0 Å². The highest BCUT2D eigenvalue weighted by molar-refractivity contribution is 5.86. The van der Waals surface area contributed by atoms with Gasteiger partial charge in [0.15, 0.2) is 0 Å². The Morgan fingerprint density at radius 2 is 1.76 bits per heavy atom. The zero-order valence-corrected chi connectivity index (χ0v) is 12.3. The molecule has 7 nitrogen and oxygen atoms in total. The molecule has 0 aromatic heterocycles. The quantitative estimate of drug-likeness (QED) is 0.567. The van der Waals surface area contributed by atoms with Crippen molar-refractivity contribution in [1.82, 2.24) is 10.6 Å². The van der Waals surface area contributed by atoms with Crippen LogP contribution >= 0.6 is 0 Å². The topological polar surface area (TPSA) is 116 Å². The molecule has 1 fully saturated rings. The van der Waals surface area contributed by atoms with Gasteiger partial charge in [-0.25, -0.2) is 9.59 Å². The van der Waals surface area contributed by atoms with Crippen LogP contribution in [0.25, 0.3) is 0 Å². The van der Waals surface area contributed by atoms with Crippen molar-refractivity contribution in [2.75, 3.05) is 6.54 Å². The molecule has 0 aliphatic heterocycles. The number of urea groups is 1. The number of amides is 2. The second-order valence-electron chi connectivity index (χ2n) is 5.80. The number of nitrogens with one attached hydrogen (secondary N) is 2. The Morgan fingerprint density at radius 3 is 2.29 bits per heavy atom. The number of hydrogen-bond donors (Lipinski definition) is 4. The summed E-state index contributed by atoms with van der Waals surface area (Å²) in [6, 6.07) is -2.04. The summed E-state index contributed by atoms with van der Waals surface area (Å²) in [5, 5.41) is 22.2. The largest absolute Gasteiger partial charge is 0.481 e. The normalized spacial score (nSPS) is 23.1. The van der Waals surface area contributed by atoms with E-state index >= 15 is 0 Å². The molecule has 7 heteroatoms. The number of carbonyl (C=O) groups excluding carboxylic acids is 1. The van der Waals surface area contributed by atoms with Gasteiger partial charge < -0.3 is 20.8 Å². The van der Waals surface area contributed by atoms with Crippen LogP contribution in [0.3, 0.4) is 0 Å². The fourth-order valence-corrected chi connectivity index (χ4v) is 2.59. The average molecular weight is 300 g/mol. The highest BCUT2D eigenvalue weighted by Gasteiger charge is 2.23. The van der Waals surface area contributed by atoms with E-state index in [4.69, 9.17) is 10.2 Å². The van der Waals surface area contributed by atoms with Gasteiger partial charge in [0.2, 0.25) is 0 Å². The number of carboxylic acids is 2. The SMILES string of the molecule is CC1CCC(CCNC(=O)NC(CC(=O)O)C(=O)O)CC1. The van der Waals surface area contributed by atoms with E-state index in [1.54, 1.807) is 0 Å². The first-order valence-electron chi connectivity index (χ1n) is 7.37. The fourth-order valence-electron chi connectivity index (χ4n) is 2.59. The fraction of sp³-hybridized carbons (Fsp3) is 0.786. The molecular weight excluding hydrogens is 276 g/mol. The summed E-state index contributed by atoms with van der Waals surface area (Å²) in [5.41, 5.74) is 0. The smallest absolute Gasteiger partial charge is 0.326 e. The van der Waals surface area contributed by atoms with Crippen LogP contribution in [0.4, 0.5) is 4.79 Å². The summed E-state index contributed by atoms with van der Waals surface area (Å²) in [6.45, 7) is 2.72. The molecule has 0 bridgehead atoms. The maximum atomic E-state index is 11.6. The van der Waals surface area contributed by atoms with E-state index in [2.05, 4.69) is 17.6 Å². The lowest BCUT2D eigenvalue weighted by Gasteiger charge is -2.26. The van der Waals surface area contributed by atoms with E-state index in [-0.39, 0.29) is 0 Å². The van der Waals surface area contributed by atoms with Crippen LogP contribution in [0, 0.1) is 11.8 Å². The third kappa shape index (κ3) is 6.97. The van der Waals surface area contributed by atoms with Crippen molar-refractivity contribution in [3.8, 4) is 0 Å². The number of carboxylic acid groups (broad SMARTS) is 2. The van der Waals surface area contributed by atoms with E-state index in [0.29, 0.717) is 12.5 Å². The van der Waals surface area contributed by atoms with Gasteiger partial charge in [0, 0.05) is 6.54 Å². The van der Waals surface area contributed by atoms with Gasteiger partial charge in [0.1, 0.15) is 6.04 Å². The van der Waals surface area contributed by atoms with Crippen LogP contribution in [0.2, 0.25) is 0 Å². The molecule has 0 radical (unpaired) electrons. The summed E-state index contributed by atoms with van der Waals surface area (Å²) < 4.78 is 0. The van der Waals surface area contributed by atoms with Gasteiger partial charge >= 0.3 is 18.0 Å². The van der Waals surface area contributed by atoms with Crippen LogP contribution in [-0.2, 0) is 9.59 Å². The molecular formula is C14H24N2O5. The van der Waals surface area contributed by atoms with E-state index in [9.17, 15) is 14.4 Å². The van der Waals surface area contributed by atoms with Crippen LogP contribution in [-0.4, -0.2) is 40.8 Å². The second-order valence-corrected chi connectivity index (χ2v) is 5.80. The predicted molar refractivity (Wildman–Crippen MR) is 76.0 cm³/mol. The summed E-state index contributed by atoms with van der Waals surface area (Å²) in [5.74, 6) is -1.23. The second kappa shape index (κ2) is 8.49. The predicted octanol–water partition coefficient (Wildman–Crippen LogP) is 1.43. The highest BCUT2D eigenvalue weighted by Crippen LogP contribution is 2.29. The Balaban J connectivity index is 2.23. The molecule has 1 saturated carbocycles. The molecule has 0 aromatic carbocycles. The lowest BCUT2D eigenvalue weighted by atomic mass is 9.81. The molecule has 0 saturated heterocycles. The standard InChI is InChI=1S/C14H24N2O5/c1-9-2-4-10(5-3-9)6-7-15-14(21)16-11(13(19)20)8-12(17)18/h9-11H,2-8H2,1H3,(H,17,18)(H,19,20)(H2,15,16,21). The van der Waals surface area contributed by atoms with E-state index in [1.807, 2.05) is 0 Å². The Kier molecular flexibility index (Phi) is 6.98. The van der Waals surface area contributed by atoms with Crippen LogP contribution < -0.4 is 10.6 Å². The maximum absolute atomic E-state index is 11.6. The number of rotatable bonds is 7. The molecule has 1 unspecified atom stereocenters. The van der Waals surface area contributed by atoms with Crippen molar-refractivity contribution in [2.24, 2.45) is 11.8 Å². The van der Waals surface area contributed by atoms with Crippen LogP contribution in [0.1, 0.15) is 45.4 Å². The van der Waals surface area contributed by atoms with Crippen LogP contribution in [0.5, 0.6) is 0 Å². The van der Waals surface area contributed by atoms with Gasteiger partial charge in [-0.2, -0.15) is 0 Å². The number of hydrogen-bond acceptors (Lipinski definition) is 3. The van der Waals surface area contributed by atoms with Crippen molar-refractivity contribution < 1.29 is 24.6 Å². The molecule has 0 spiro atoms. The van der Waals surface area contributed by atoms with E-state index in [0.717, 1.165) is 12.3 Å². The van der Waals surface area contributed by atoms with Gasteiger partial charge in [-0.05, 0) is 18.3 Å². The summed E-state index contributed by atoms with van der Waals surface area (Å²) in [4.78, 5) is 32.9. The average Bonchev–Trinajstić information content (AvgIpc) is 2.39. The first kappa shape index (κ1) is 17.3. The van der Waals surface area contributed by atoms with Gasteiger partial charge in [0.05, 0.1) is 6.42 Å². The van der Waals surface area contributed by atoms with Crippen molar-refractivity contribution in [2.45, 2.75) is 51.5 Å². The summed E-state index contributed by atoms with van der Waals surface area (Å²) >= 11 is 0. The summed E-state index contributed by atoms with van der Waals surface area (Å²) in [6.07, 6.45) is 5.01. The van der Waals surface area contributed by atoms with Gasteiger partial charge in [-0.15, -0.1) is 0 Å². The first-order chi connectivity index (χ1) is 9.88. The van der Waals surface area contributed by atoms with E-state index < -0.39 is 30.4 Å². The minimum Gasteiger partial charge on any atom is -0.481 e. The zero-order chi connectivity index (χ0) is 15.8. The highest BCUT2D eigenvalue weighted by atomic mass is 16.4. The van der Waals surface area contributed by atoms with Gasteiger partial charge in [-0.3, -0.25) is 4.79 Å². The molecule has 2 amide bonds. The third-order valence-corrected chi connectivity index (χ3v) is 3.96. The molecule has 1 aliphatic rings. The molecule has 1 rings (SSSR count). The van der Waals surface area contributed by atoms with Crippen molar-refractivity contribution in [3.63, 3.8) is 0 Å². The Hall–Kier alpha value is -1.79. The summed E-state index contributed by atoms with van der Waals surface area (Å²) in [7, 11) is 0. The molecule has 21 heavy (non-hydrogen) atoms. The molecule has 0 aromatic rings. The first-order valence-corrected chi connectivity index (χ1v) is 7.37.